The van der Waals surface area contributed by atoms with Crippen LogP contribution in [0.4, 0.5) is 8.78 Å². The molecular weight excluding hydrogens is 665 g/mol. The van der Waals surface area contributed by atoms with E-state index in [1.54, 1.807) is 38.4 Å². The standard InChI is InChI=1S/C32H33ClF2N4O3S.2ClH/c1-36-21-6-8-22(9-7-21)39(32(41)30-28(33)27-23(34)10-11-24(35)29(27)43-30)17-20-15-18(5-12-26(20)42-4)19-13-14-37-25(16-19)31(40)38(2)3;;/h5,10-16,21-22,36H,6-9,17H2,1-4H3;2*1H. The third-order valence-corrected chi connectivity index (χ3v) is 9.70. The van der Waals surface area contributed by atoms with Gasteiger partial charge in [0.15, 0.2) is 0 Å². The van der Waals surface area contributed by atoms with Gasteiger partial charge in [-0.25, -0.2) is 8.78 Å². The summed E-state index contributed by atoms with van der Waals surface area (Å²) < 4.78 is 35.1. The zero-order valence-corrected chi connectivity index (χ0v) is 28.4. The van der Waals surface area contributed by atoms with Crippen molar-refractivity contribution in [2.75, 3.05) is 28.3 Å². The molecule has 0 saturated heterocycles. The molecule has 0 aliphatic heterocycles. The van der Waals surface area contributed by atoms with E-state index in [9.17, 15) is 18.4 Å². The molecule has 4 aromatic rings. The SMILES string of the molecule is CNC1CCC(N(Cc2cc(-c3ccnc(C(=O)N(C)C)c3)ccc2OC)C(=O)c2sc3c(F)ccc(F)c3c2Cl)CC1.Cl.Cl. The number of aromatic nitrogens is 1. The number of rotatable bonds is 8. The Labute approximate surface area is 282 Å². The van der Waals surface area contributed by atoms with Gasteiger partial charge in [-0.2, -0.15) is 0 Å². The maximum atomic E-state index is 14.7. The monoisotopic (exact) mass is 698 g/mol. The highest BCUT2D eigenvalue weighted by Crippen LogP contribution is 2.40. The molecule has 1 aliphatic rings. The van der Waals surface area contributed by atoms with E-state index in [4.69, 9.17) is 16.3 Å². The van der Waals surface area contributed by atoms with Gasteiger partial charge < -0.3 is 19.9 Å². The van der Waals surface area contributed by atoms with Crippen LogP contribution in [-0.2, 0) is 6.54 Å². The molecule has 45 heavy (non-hydrogen) atoms. The molecule has 242 valence electrons. The van der Waals surface area contributed by atoms with Gasteiger partial charge in [-0.15, -0.1) is 36.2 Å². The summed E-state index contributed by atoms with van der Waals surface area (Å²) in [6, 6.07) is 11.5. The Balaban J connectivity index is 0.00000276. The quantitative estimate of drug-likeness (QED) is 0.205. The van der Waals surface area contributed by atoms with Crippen molar-refractivity contribution in [3.8, 4) is 16.9 Å². The molecule has 0 radical (unpaired) electrons. The summed E-state index contributed by atoms with van der Waals surface area (Å²) in [6.07, 6.45) is 4.86. The number of carbonyl (C=O) groups is 2. The number of hydrogen-bond acceptors (Lipinski definition) is 6. The van der Waals surface area contributed by atoms with Crippen LogP contribution in [0.3, 0.4) is 0 Å². The Kier molecular flexibility index (Phi) is 12.6. The summed E-state index contributed by atoms with van der Waals surface area (Å²) in [5.41, 5.74) is 2.67. The maximum Gasteiger partial charge on any atom is 0.271 e. The predicted molar refractivity (Wildman–Crippen MR) is 180 cm³/mol. The maximum absolute atomic E-state index is 14.7. The molecule has 0 spiro atoms. The van der Waals surface area contributed by atoms with Crippen LogP contribution in [0.5, 0.6) is 5.75 Å². The minimum absolute atomic E-state index is 0. The second kappa shape index (κ2) is 15.5. The first-order chi connectivity index (χ1) is 20.6. The van der Waals surface area contributed by atoms with Crippen LogP contribution in [0.1, 0.15) is 51.4 Å². The highest BCUT2D eigenvalue weighted by atomic mass is 35.5. The zero-order chi connectivity index (χ0) is 30.8. The van der Waals surface area contributed by atoms with Crippen molar-refractivity contribution in [3.63, 3.8) is 0 Å². The summed E-state index contributed by atoms with van der Waals surface area (Å²) in [5, 5.41) is 3.17. The molecular formula is C32H35Cl3F2N4O3S. The van der Waals surface area contributed by atoms with Gasteiger partial charge in [-0.3, -0.25) is 14.6 Å². The molecule has 2 heterocycles. The van der Waals surface area contributed by atoms with Crippen molar-refractivity contribution >= 4 is 69.7 Å². The van der Waals surface area contributed by atoms with Gasteiger partial charge in [0.25, 0.3) is 11.8 Å². The summed E-state index contributed by atoms with van der Waals surface area (Å²) in [5.74, 6) is -1.30. The molecule has 2 aromatic carbocycles. The van der Waals surface area contributed by atoms with Crippen LogP contribution >= 0.6 is 47.8 Å². The molecule has 1 aliphatic carbocycles. The van der Waals surface area contributed by atoms with Crippen LogP contribution in [0.15, 0.2) is 48.7 Å². The van der Waals surface area contributed by atoms with Gasteiger partial charge in [0.1, 0.15) is 28.0 Å². The minimum Gasteiger partial charge on any atom is -0.496 e. The Morgan fingerprint density at radius 1 is 1.00 bits per heavy atom. The van der Waals surface area contributed by atoms with Crippen LogP contribution in [0, 0.1) is 11.6 Å². The van der Waals surface area contributed by atoms with E-state index < -0.39 is 11.6 Å². The number of fused-ring (bicyclic) bond motifs is 1. The average Bonchev–Trinajstić information content (AvgIpc) is 3.39. The van der Waals surface area contributed by atoms with Crippen LogP contribution < -0.4 is 10.1 Å². The lowest BCUT2D eigenvalue weighted by Crippen LogP contribution is -2.44. The number of hydrogen-bond donors (Lipinski definition) is 1. The molecule has 7 nitrogen and oxygen atoms in total. The van der Waals surface area contributed by atoms with Crippen molar-refractivity contribution in [1.82, 2.24) is 20.1 Å². The van der Waals surface area contributed by atoms with E-state index in [1.165, 1.54) is 4.90 Å². The van der Waals surface area contributed by atoms with Crippen molar-refractivity contribution in [2.24, 2.45) is 0 Å². The largest absolute Gasteiger partial charge is 0.496 e. The second-order valence-electron chi connectivity index (χ2n) is 10.9. The fourth-order valence-corrected chi connectivity index (χ4v) is 7.14. The average molecular weight is 700 g/mol. The van der Waals surface area contributed by atoms with Gasteiger partial charge in [-0.05, 0) is 80.3 Å². The highest BCUT2D eigenvalue weighted by molar-refractivity contribution is 7.21. The third kappa shape index (κ3) is 7.52. The number of ether oxygens (including phenoxy) is 1. The molecule has 0 atom stereocenters. The Bertz CT molecular complexity index is 1680. The molecule has 1 N–H and O–H groups in total. The van der Waals surface area contributed by atoms with E-state index >= 15 is 0 Å². The number of carbonyl (C=O) groups excluding carboxylic acids is 2. The fourth-order valence-electron chi connectivity index (χ4n) is 5.63. The van der Waals surface area contributed by atoms with Crippen molar-refractivity contribution in [1.29, 1.82) is 0 Å². The highest BCUT2D eigenvalue weighted by Gasteiger charge is 2.33. The third-order valence-electron chi connectivity index (χ3n) is 8.02. The van der Waals surface area contributed by atoms with E-state index in [0.29, 0.717) is 17.5 Å². The smallest absolute Gasteiger partial charge is 0.271 e. The lowest BCUT2D eigenvalue weighted by atomic mass is 9.89. The first-order valence-corrected chi connectivity index (χ1v) is 15.2. The molecule has 13 heteroatoms. The zero-order valence-electron chi connectivity index (χ0n) is 25.2. The lowest BCUT2D eigenvalue weighted by Gasteiger charge is -2.37. The van der Waals surface area contributed by atoms with Crippen molar-refractivity contribution in [2.45, 2.75) is 44.3 Å². The molecule has 2 amide bonds. The number of halogens is 5. The number of nitrogens with one attached hydrogen (secondary N) is 1. The van der Waals surface area contributed by atoms with Gasteiger partial charge in [0, 0.05) is 44.5 Å². The molecule has 1 saturated carbocycles. The van der Waals surface area contributed by atoms with Gasteiger partial charge in [0.2, 0.25) is 0 Å². The van der Waals surface area contributed by atoms with E-state index in [1.807, 2.05) is 31.3 Å². The van der Waals surface area contributed by atoms with E-state index in [2.05, 4.69) is 10.3 Å². The Morgan fingerprint density at radius 3 is 2.29 bits per heavy atom. The molecule has 0 bridgehead atoms. The second-order valence-corrected chi connectivity index (χ2v) is 12.3. The first kappa shape index (κ1) is 36.4. The summed E-state index contributed by atoms with van der Waals surface area (Å²) in [4.78, 5) is 34.3. The number of benzene rings is 2. The van der Waals surface area contributed by atoms with Gasteiger partial charge >= 0.3 is 0 Å². The summed E-state index contributed by atoms with van der Waals surface area (Å²) in [6.45, 7) is 0.189. The summed E-state index contributed by atoms with van der Waals surface area (Å²) in [7, 11) is 6.84. The van der Waals surface area contributed by atoms with Crippen LogP contribution in [-0.4, -0.2) is 66.9 Å². The number of thiophene rings is 1. The summed E-state index contributed by atoms with van der Waals surface area (Å²) >= 11 is 7.44. The number of pyridine rings is 1. The van der Waals surface area contributed by atoms with Crippen molar-refractivity contribution in [3.05, 3.63) is 81.5 Å². The first-order valence-electron chi connectivity index (χ1n) is 14.0. The van der Waals surface area contributed by atoms with Crippen molar-refractivity contribution < 1.29 is 23.1 Å². The molecule has 1 fully saturated rings. The predicted octanol–water partition coefficient (Wildman–Crippen LogP) is 7.62. The topological polar surface area (TPSA) is 74.8 Å². The lowest BCUT2D eigenvalue weighted by molar-refractivity contribution is 0.0604. The normalized spacial score (nSPS) is 16.0. The number of methoxy groups -OCH3 is 1. The molecule has 0 unspecified atom stereocenters. The fraction of sp³-hybridized carbons (Fsp3) is 0.344. The minimum atomic E-state index is -0.670. The molecule has 2 aromatic heterocycles. The Hall–Kier alpha value is -3.02. The Morgan fingerprint density at radius 2 is 1.67 bits per heavy atom. The van der Waals surface area contributed by atoms with Gasteiger partial charge in [0.05, 0.1) is 22.2 Å². The van der Waals surface area contributed by atoms with E-state index in [0.717, 1.165) is 65.8 Å². The number of amides is 2. The molecule has 5 rings (SSSR count). The van der Waals surface area contributed by atoms with Crippen LogP contribution in [0.25, 0.3) is 21.2 Å². The van der Waals surface area contributed by atoms with Gasteiger partial charge in [-0.1, -0.05) is 17.7 Å². The number of nitrogens with zero attached hydrogens (tertiary/aromatic N) is 3. The van der Waals surface area contributed by atoms with Crippen LogP contribution in [0.2, 0.25) is 5.02 Å². The van der Waals surface area contributed by atoms with E-state index in [-0.39, 0.29) is 69.2 Å².